The van der Waals surface area contributed by atoms with Crippen molar-refractivity contribution in [2.24, 2.45) is 11.8 Å². The molecule has 0 radical (unpaired) electrons. The maximum Gasteiger partial charge on any atom is 0.300 e. The minimum Gasteiger partial charge on any atom is -0.481 e. The van der Waals surface area contributed by atoms with Crippen molar-refractivity contribution in [1.29, 1.82) is 0 Å². The number of likely N-dealkylation sites (tertiary alicyclic amines) is 1. The molecule has 1 aliphatic carbocycles. The molecule has 0 aromatic heterocycles. The van der Waals surface area contributed by atoms with E-state index in [2.05, 4.69) is 0 Å². The Labute approximate surface area is 140 Å². The van der Waals surface area contributed by atoms with Crippen LogP contribution in [0.2, 0.25) is 0 Å². The quantitative estimate of drug-likeness (QED) is 0.920. The molecule has 1 aromatic carbocycles. The summed E-state index contributed by atoms with van der Waals surface area (Å²) in [4.78, 5) is 23.1. The highest BCUT2D eigenvalue weighted by atomic mass is 19.1. The summed E-state index contributed by atoms with van der Waals surface area (Å²) in [7, 11) is 0. The van der Waals surface area contributed by atoms with Crippen LogP contribution in [0.3, 0.4) is 0 Å². The Bertz CT molecular complexity index is 578. The average molecular weight is 339 g/mol. The van der Waals surface area contributed by atoms with Crippen LogP contribution in [0, 0.1) is 23.5 Å². The third-order valence-corrected chi connectivity index (χ3v) is 4.50. The van der Waals surface area contributed by atoms with Crippen molar-refractivity contribution < 1.29 is 23.5 Å². The molecular weight excluding hydrogens is 316 g/mol. The predicted octanol–water partition coefficient (Wildman–Crippen LogP) is 3.25. The molecule has 1 saturated heterocycles. The van der Waals surface area contributed by atoms with Gasteiger partial charge in [-0.3, -0.25) is 9.59 Å². The highest BCUT2D eigenvalue weighted by Gasteiger charge is 2.33. The van der Waals surface area contributed by atoms with Gasteiger partial charge in [0.15, 0.2) is 0 Å². The normalized spacial score (nSPS) is 20.1. The first-order chi connectivity index (χ1) is 11.3. The molecule has 1 saturated carbocycles. The monoisotopic (exact) mass is 339 g/mol. The summed E-state index contributed by atoms with van der Waals surface area (Å²) in [5.41, 5.74) is 0.686. The van der Waals surface area contributed by atoms with Crippen LogP contribution in [0.15, 0.2) is 18.2 Å². The number of rotatable bonds is 3. The zero-order valence-electron chi connectivity index (χ0n) is 13.8. The van der Waals surface area contributed by atoms with E-state index in [1.54, 1.807) is 0 Å². The second kappa shape index (κ2) is 8.22. The lowest BCUT2D eigenvalue weighted by Gasteiger charge is -2.29. The summed E-state index contributed by atoms with van der Waals surface area (Å²) in [5, 5.41) is 7.42. The maximum absolute atomic E-state index is 13.2. The molecule has 1 unspecified atom stereocenters. The number of carbonyl (C=O) groups is 2. The third-order valence-electron chi connectivity index (χ3n) is 4.50. The molecule has 24 heavy (non-hydrogen) atoms. The summed E-state index contributed by atoms with van der Waals surface area (Å²) in [5.74, 6) is -1.05. The Kier molecular flexibility index (Phi) is 6.29. The fourth-order valence-corrected chi connectivity index (χ4v) is 3.17. The van der Waals surface area contributed by atoms with Gasteiger partial charge in [0.1, 0.15) is 11.6 Å². The molecule has 0 bridgehead atoms. The van der Waals surface area contributed by atoms with Gasteiger partial charge < -0.3 is 10.0 Å². The van der Waals surface area contributed by atoms with Crippen LogP contribution in [-0.4, -0.2) is 35.0 Å². The summed E-state index contributed by atoms with van der Waals surface area (Å²) < 4.78 is 26.3. The van der Waals surface area contributed by atoms with Gasteiger partial charge in [-0.1, -0.05) is 6.42 Å². The lowest BCUT2D eigenvalue weighted by Crippen LogP contribution is -2.37. The molecule has 2 aliphatic rings. The number of nitrogens with zero attached hydrogens (tertiary/aromatic N) is 1. The number of carbonyl (C=O) groups excluding carboxylic acids is 1. The van der Waals surface area contributed by atoms with Crippen molar-refractivity contribution in [3.8, 4) is 0 Å². The van der Waals surface area contributed by atoms with E-state index >= 15 is 0 Å². The average Bonchev–Trinajstić information content (AvgIpc) is 2.83. The zero-order chi connectivity index (χ0) is 17.7. The SMILES string of the molecule is CC(=O)O.O=C(C1CCC1)N1CCC(Cc2cc(F)cc(F)c2)C1. The number of halogens is 2. The van der Waals surface area contributed by atoms with Crippen molar-refractivity contribution in [2.75, 3.05) is 13.1 Å². The molecular formula is C18H23F2NO3. The van der Waals surface area contributed by atoms with E-state index in [1.165, 1.54) is 12.1 Å². The second-order valence-electron chi connectivity index (χ2n) is 6.57. The van der Waals surface area contributed by atoms with Gasteiger partial charge in [0.05, 0.1) is 0 Å². The van der Waals surface area contributed by atoms with Crippen molar-refractivity contribution in [1.82, 2.24) is 4.90 Å². The number of benzene rings is 1. The van der Waals surface area contributed by atoms with Crippen molar-refractivity contribution in [3.05, 3.63) is 35.4 Å². The first-order valence-electron chi connectivity index (χ1n) is 8.28. The molecule has 3 rings (SSSR count). The Balaban J connectivity index is 0.000000471. The van der Waals surface area contributed by atoms with E-state index in [1.807, 2.05) is 4.90 Å². The molecule has 0 spiro atoms. The molecule has 1 atom stereocenters. The number of carboxylic acids is 1. The van der Waals surface area contributed by atoms with E-state index < -0.39 is 17.6 Å². The van der Waals surface area contributed by atoms with Gasteiger partial charge in [-0.05, 0) is 49.3 Å². The zero-order valence-corrected chi connectivity index (χ0v) is 13.8. The minimum absolute atomic E-state index is 0.236. The van der Waals surface area contributed by atoms with Crippen LogP contribution < -0.4 is 0 Å². The Morgan fingerprint density at radius 3 is 2.25 bits per heavy atom. The van der Waals surface area contributed by atoms with Crippen molar-refractivity contribution in [2.45, 2.75) is 39.0 Å². The van der Waals surface area contributed by atoms with Crippen molar-refractivity contribution >= 4 is 11.9 Å². The lowest BCUT2D eigenvalue weighted by atomic mass is 9.84. The standard InChI is InChI=1S/C16H19F2NO.C2H4O2/c17-14-7-12(8-15(18)9-14)6-11-4-5-19(10-11)16(20)13-2-1-3-13;1-2(3)4/h7-9,11,13H,1-6,10H2;1H3,(H,3,4). The molecule has 2 fully saturated rings. The molecule has 6 heteroatoms. The molecule has 1 N–H and O–H groups in total. The molecule has 4 nitrogen and oxygen atoms in total. The Morgan fingerprint density at radius 2 is 1.75 bits per heavy atom. The van der Waals surface area contributed by atoms with Crippen LogP contribution in [-0.2, 0) is 16.0 Å². The van der Waals surface area contributed by atoms with Crippen LogP contribution in [0.1, 0.15) is 38.2 Å². The largest absolute Gasteiger partial charge is 0.481 e. The molecule has 1 aromatic rings. The number of hydrogen-bond acceptors (Lipinski definition) is 2. The lowest BCUT2D eigenvalue weighted by molar-refractivity contribution is -0.137. The predicted molar refractivity (Wildman–Crippen MR) is 85.4 cm³/mol. The third kappa shape index (κ3) is 5.28. The van der Waals surface area contributed by atoms with Crippen LogP contribution >= 0.6 is 0 Å². The topological polar surface area (TPSA) is 57.6 Å². The number of amides is 1. The fraction of sp³-hybridized carbons (Fsp3) is 0.556. The van der Waals surface area contributed by atoms with Crippen LogP contribution in [0.5, 0.6) is 0 Å². The van der Waals surface area contributed by atoms with Gasteiger partial charge in [0, 0.05) is 32.0 Å². The van der Waals surface area contributed by atoms with Gasteiger partial charge in [0.25, 0.3) is 5.97 Å². The van der Waals surface area contributed by atoms with Crippen molar-refractivity contribution in [3.63, 3.8) is 0 Å². The van der Waals surface area contributed by atoms with Crippen LogP contribution in [0.25, 0.3) is 0 Å². The van der Waals surface area contributed by atoms with Gasteiger partial charge in [-0.15, -0.1) is 0 Å². The summed E-state index contributed by atoms with van der Waals surface area (Å²) >= 11 is 0. The molecule has 1 heterocycles. The van der Waals surface area contributed by atoms with Gasteiger partial charge >= 0.3 is 0 Å². The van der Waals surface area contributed by atoms with Crippen LogP contribution in [0.4, 0.5) is 8.78 Å². The Morgan fingerprint density at radius 1 is 1.17 bits per heavy atom. The number of aliphatic carboxylic acids is 1. The van der Waals surface area contributed by atoms with Gasteiger partial charge in [-0.25, -0.2) is 8.78 Å². The number of carboxylic acid groups (broad SMARTS) is 1. The molecule has 1 aliphatic heterocycles. The van der Waals surface area contributed by atoms with E-state index in [4.69, 9.17) is 9.90 Å². The van der Waals surface area contributed by atoms with Gasteiger partial charge in [-0.2, -0.15) is 0 Å². The smallest absolute Gasteiger partial charge is 0.300 e. The fourth-order valence-electron chi connectivity index (χ4n) is 3.17. The highest BCUT2D eigenvalue weighted by Crippen LogP contribution is 2.31. The maximum atomic E-state index is 13.2. The van der Waals surface area contributed by atoms with Gasteiger partial charge in [0.2, 0.25) is 5.91 Å². The Hall–Kier alpha value is -1.98. The van der Waals surface area contributed by atoms with E-state index in [0.717, 1.165) is 51.8 Å². The highest BCUT2D eigenvalue weighted by molar-refractivity contribution is 5.79. The van der Waals surface area contributed by atoms with E-state index in [9.17, 15) is 13.6 Å². The van der Waals surface area contributed by atoms with E-state index in [-0.39, 0.29) is 11.8 Å². The summed E-state index contributed by atoms with van der Waals surface area (Å²) in [6.45, 7) is 2.60. The first-order valence-corrected chi connectivity index (χ1v) is 8.28. The molecule has 132 valence electrons. The summed E-state index contributed by atoms with van der Waals surface area (Å²) in [6, 6.07) is 3.67. The second-order valence-corrected chi connectivity index (χ2v) is 6.57. The first kappa shape index (κ1) is 18.4. The number of hydrogen-bond donors (Lipinski definition) is 1. The minimum atomic E-state index is -0.833. The molecule has 1 amide bonds. The van der Waals surface area contributed by atoms with E-state index in [0.29, 0.717) is 17.9 Å². The summed E-state index contributed by atoms with van der Waals surface area (Å²) in [6.07, 6.45) is 4.78.